The van der Waals surface area contributed by atoms with E-state index < -0.39 is 0 Å². The highest BCUT2D eigenvalue weighted by atomic mass is 35.5. The quantitative estimate of drug-likeness (QED) is 0.402. The van der Waals surface area contributed by atoms with E-state index in [1.807, 2.05) is 35.3 Å². The molecule has 0 radical (unpaired) electrons. The standard InChI is InChI=1S/C26H24Cl2N2O2/c1-15(2)16-4-6-18(7-5-16)26-30-24(21-12-19(27)13-22(28)25(21)32-26)14-23(29-30)17-8-10-20(31-3)11-9-17/h4-13,15,24,26H,14H2,1-3H3/t24-,26+/m1/s1. The Morgan fingerprint density at radius 2 is 1.75 bits per heavy atom. The lowest BCUT2D eigenvalue weighted by atomic mass is 9.95. The molecule has 2 heterocycles. The van der Waals surface area contributed by atoms with Gasteiger partial charge in [-0.2, -0.15) is 5.10 Å². The fourth-order valence-electron chi connectivity index (χ4n) is 4.34. The molecule has 0 fully saturated rings. The first-order valence-corrected chi connectivity index (χ1v) is 11.5. The van der Waals surface area contributed by atoms with Crippen LogP contribution in [0.3, 0.4) is 0 Å². The fourth-order valence-corrected chi connectivity index (χ4v) is 4.89. The molecule has 164 valence electrons. The third kappa shape index (κ3) is 3.72. The Morgan fingerprint density at radius 3 is 2.41 bits per heavy atom. The number of fused-ring (bicyclic) bond motifs is 3. The molecule has 6 heteroatoms. The molecule has 0 aromatic heterocycles. The molecule has 2 atom stereocenters. The van der Waals surface area contributed by atoms with Crippen LogP contribution >= 0.6 is 23.2 Å². The highest BCUT2D eigenvalue weighted by Gasteiger charge is 2.42. The van der Waals surface area contributed by atoms with Gasteiger partial charge in [-0.3, -0.25) is 0 Å². The minimum atomic E-state index is -0.372. The zero-order valence-corrected chi connectivity index (χ0v) is 19.7. The van der Waals surface area contributed by atoms with Gasteiger partial charge in [0.05, 0.1) is 23.9 Å². The number of methoxy groups -OCH3 is 1. The summed E-state index contributed by atoms with van der Waals surface area (Å²) in [6, 6.07) is 20.2. The minimum Gasteiger partial charge on any atom is -0.497 e. The Hall–Kier alpha value is -2.69. The Kier molecular flexibility index (Phi) is 5.52. The van der Waals surface area contributed by atoms with Crippen molar-refractivity contribution in [1.82, 2.24) is 5.01 Å². The molecule has 0 amide bonds. The monoisotopic (exact) mass is 466 g/mol. The van der Waals surface area contributed by atoms with Gasteiger partial charge in [-0.15, -0.1) is 0 Å². The largest absolute Gasteiger partial charge is 0.497 e. The SMILES string of the molecule is COc1ccc(C2=NN3[C@H](C2)c2cc(Cl)cc(Cl)c2O[C@H]3c2ccc(C(C)C)cc2)cc1. The van der Waals surface area contributed by atoms with Crippen molar-refractivity contribution in [3.8, 4) is 11.5 Å². The lowest BCUT2D eigenvalue weighted by Crippen LogP contribution is -2.33. The lowest BCUT2D eigenvalue weighted by molar-refractivity contribution is -0.0189. The van der Waals surface area contributed by atoms with Crippen molar-refractivity contribution in [2.75, 3.05) is 7.11 Å². The Balaban J connectivity index is 1.57. The average molecular weight is 467 g/mol. The number of hydrogen-bond acceptors (Lipinski definition) is 4. The van der Waals surface area contributed by atoms with E-state index in [1.165, 1.54) is 5.56 Å². The number of halogens is 2. The van der Waals surface area contributed by atoms with E-state index in [4.69, 9.17) is 37.8 Å². The average Bonchev–Trinajstić information content (AvgIpc) is 3.25. The minimum absolute atomic E-state index is 0.0122. The van der Waals surface area contributed by atoms with Crippen LogP contribution in [-0.2, 0) is 0 Å². The van der Waals surface area contributed by atoms with Crippen molar-refractivity contribution < 1.29 is 9.47 Å². The lowest BCUT2D eigenvalue weighted by Gasteiger charge is -2.38. The third-order valence-corrected chi connectivity index (χ3v) is 6.62. The molecule has 0 saturated heterocycles. The van der Waals surface area contributed by atoms with Crippen LogP contribution in [0.1, 0.15) is 60.7 Å². The second kappa shape index (κ2) is 8.34. The van der Waals surface area contributed by atoms with Gasteiger partial charge in [-0.05, 0) is 53.4 Å². The molecule has 0 unspecified atom stereocenters. The van der Waals surface area contributed by atoms with Gasteiger partial charge in [-0.1, -0.05) is 61.3 Å². The summed E-state index contributed by atoms with van der Waals surface area (Å²) in [6.07, 6.45) is 0.364. The molecule has 3 aromatic rings. The summed E-state index contributed by atoms with van der Waals surface area (Å²) in [5.74, 6) is 1.97. The van der Waals surface area contributed by atoms with Crippen molar-refractivity contribution >= 4 is 28.9 Å². The van der Waals surface area contributed by atoms with E-state index in [-0.39, 0.29) is 12.3 Å². The Morgan fingerprint density at radius 1 is 1.03 bits per heavy atom. The predicted octanol–water partition coefficient (Wildman–Crippen LogP) is 7.37. The number of benzene rings is 3. The molecule has 4 nitrogen and oxygen atoms in total. The predicted molar refractivity (Wildman–Crippen MR) is 129 cm³/mol. The van der Waals surface area contributed by atoms with Crippen molar-refractivity contribution in [3.05, 3.63) is 93.0 Å². The molecule has 0 saturated carbocycles. The summed E-state index contributed by atoms with van der Waals surface area (Å²) in [6.45, 7) is 4.38. The van der Waals surface area contributed by atoms with E-state index in [0.29, 0.717) is 21.7 Å². The summed E-state index contributed by atoms with van der Waals surface area (Å²) < 4.78 is 11.7. The van der Waals surface area contributed by atoms with Gasteiger partial charge in [0, 0.05) is 22.6 Å². The second-order valence-electron chi connectivity index (χ2n) is 8.47. The van der Waals surface area contributed by atoms with Crippen LogP contribution in [0.4, 0.5) is 0 Å². The van der Waals surface area contributed by atoms with Crippen molar-refractivity contribution in [3.63, 3.8) is 0 Å². The van der Waals surface area contributed by atoms with Crippen LogP contribution in [0.15, 0.2) is 65.8 Å². The topological polar surface area (TPSA) is 34.1 Å². The Labute approximate surface area is 198 Å². The maximum absolute atomic E-state index is 6.56. The normalized spacial score (nSPS) is 19.3. The van der Waals surface area contributed by atoms with E-state index in [0.717, 1.165) is 34.6 Å². The van der Waals surface area contributed by atoms with Gasteiger partial charge < -0.3 is 9.47 Å². The van der Waals surface area contributed by atoms with Gasteiger partial charge >= 0.3 is 0 Å². The van der Waals surface area contributed by atoms with Gasteiger partial charge in [0.2, 0.25) is 6.23 Å². The zero-order valence-electron chi connectivity index (χ0n) is 18.2. The van der Waals surface area contributed by atoms with Gasteiger partial charge in [0.25, 0.3) is 0 Å². The maximum Gasteiger partial charge on any atom is 0.213 e. The van der Waals surface area contributed by atoms with Crippen molar-refractivity contribution in [2.24, 2.45) is 5.10 Å². The smallest absolute Gasteiger partial charge is 0.213 e. The van der Waals surface area contributed by atoms with Crippen LogP contribution in [0.5, 0.6) is 11.5 Å². The van der Waals surface area contributed by atoms with Gasteiger partial charge in [0.1, 0.15) is 11.5 Å². The highest BCUT2D eigenvalue weighted by molar-refractivity contribution is 6.35. The van der Waals surface area contributed by atoms with Crippen LogP contribution < -0.4 is 9.47 Å². The molecule has 0 aliphatic carbocycles. The molecule has 3 aromatic carbocycles. The van der Waals surface area contributed by atoms with Crippen molar-refractivity contribution in [2.45, 2.75) is 38.5 Å². The highest BCUT2D eigenvalue weighted by Crippen LogP contribution is 2.50. The first-order chi connectivity index (χ1) is 15.4. The summed E-state index contributed by atoms with van der Waals surface area (Å²) in [5.41, 5.74) is 5.34. The molecule has 32 heavy (non-hydrogen) atoms. The number of hydrazone groups is 1. The van der Waals surface area contributed by atoms with Crippen LogP contribution in [0, 0.1) is 0 Å². The summed E-state index contributed by atoms with van der Waals surface area (Å²) in [7, 11) is 1.67. The van der Waals surface area contributed by atoms with Gasteiger partial charge in [0.15, 0.2) is 0 Å². The van der Waals surface area contributed by atoms with Crippen LogP contribution in [0.25, 0.3) is 0 Å². The van der Waals surface area contributed by atoms with Crippen molar-refractivity contribution in [1.29, 1.82) is 0 Å². The first kappa shape index (κ1) is 21.2. The number of hydrogen-bond donors (Lipinski definition) is 0. The summed E-state index contributed by atoms with van der Waals surface area (Å²) in [4.78, 5) is 0. The van der Waals surface area contributed by atoms with Crippen LogP contribution in [0.2, 0.25) is 10.0 Å². The summed E-state index contributed by atoms with van der Waals surface area (Å²) in [5, 5.41) is 8.16. The van der Waals surface area contributed by atoms with E-state index in [2.05, 4.69) is 38.1 Å². The first-order valence-electron chi connectivity index (χ1n) is 10.7. The van der Waals surface area contributed by atoms with E-state index >= 15 is 0 Å². The molecular formula is C26H24Cl2N2O2. The summed E-state index contributed by atoms with van der Waals surface area (Å²) >= 11 is 12.9. The van der Waals surface area contributed by atoms with E-state index in [1.54, 1.807) is 13.2 Å². The molecule has 0 N–H and O–H groups in total. The zero-order chi connectivity index (χ0) is 22.4. The van der Waals surface area contributed by atoms with Crippen LogP contribution in [-0.4, -0.2) is 17.8 Å². The maximum atomic E-state index is 6.56. The molecule has 2 aliphatic heterocycles. The molecular weight excluding hydrogens is 443 g/mol. The molecule has 5 rings (SSSR count). The van der Waals surface area contributed by atoms with E-state index in [9.17, 15) is 0 Å². The number of nitrogens with zero attached hydrogens (tertiary/aromatic N) is 2. The second-order valence-corrected chi connectivity index (χ2v) is 9.32. The molecule has 0 spiro atoms. The fraction of sp³-hybridized carbons (Fsp3) is 0.269. The number of rotatable bonds is 4. The third-order valence-electron chi connectivity index (χ3n) is 6.12. The molecule has 2 aliphatic rings. The van der Waals surface area contributed by atoms with Gasteiger partial charge in [-0.25, -0.2) is 5.01 Å². The molecule has 0 bridgehead atoms. The Bertz CT molecular complexity index is 1170. The number of ether oxygens (including phenoxy) is 2.